The molecule has 0 saturated heterocycles. The van der Waals surface area contributed by atoms with Gasteiger partial charge in [-0.1, -0.05) is 0 Å². The predicted molar refractivity (Wildman–Crippen MR) is 84.6 cm³/mol. The molecule has 0 aromatic carbocycles. The van der Waals surface area contributed by atoms with Crippen LogP contribution in [0.5, 0.6) is 0 Å². The molecule has 3 rings (SSSR count). The number of hydrogen-bond acceptors (Lipinski definition) is 5. The highest BCUT2D eigenvalue weighted by molar-refractivity contribution is 5.75. The summed E-state index contributed by atoms with van der Waals surface area (Å²) in [5.74, 6) is 4.66. The number of nitrogens with zero attached hydrogens (tertiary/aromatic N) is 5. The fourth-order valence-electron chi connectivity index (χ4n) is 2.94. The summed E-state index contributed by atoms with van der Waals surface area (Å²) in [6.45, 7) is 1.58. The lowest BCUT2D eigenvalue weighted by Gasteiger charge is -2.14. The first-order valence-corrected chi connectivity index (χ1v) is 8.28. The van der Waals surface area contributed by atoms with Gasteiger partial charge in [-0.3, -0.25) is 4.79 Å². The summed E-state index contributed by atoms with van der Waals surface area (Å²) in [7, 11) is 0. The van der Waals surface area contributed by atoms with Crippen LogP contribution in [0.25, 0.3) is 0 Å². The normalized spacial score (nSPS) is 17.3. The maximum atomic E-state index is 11.9. The van der Waals surface area contributed by atoms with Crippen LogP contribution in [0.3, 0.4) is 0 Å². The van der Waals surface area contributed by atoms with Gasteiger partial charge in [0.05, 0.1) is 0 Å². The smallest absolute Gasteiger partial charge is 0.220 e. The molecule has 0 atom stereocenters. The van der Waals surface area contributed by atoms with Crippen molar-refractivity contribution in [3.63, 3.8) is 0 Å². The number of nitrogens with one attached hydrogen (secondary N) is 1. The van der Waals surface area contributed by atoms with Crippen molar-refractivity contribution in [3.8, 4) is 12.3 Å². The number of aromatic nitrogens is 3. The van der Waals surface area contributed by atoms with Gasteiger partial charge in [-0.15, -0.1) is 22.5 Å². The van der Waals surface area contributed by atoms with E-state index >= 15 is 0 Å². The average molecular weight is 314 g/mol. The zero-order valence-electron chi connectivity index (χ0n) is 13.3. The second kappa shape index (κ2) is 6.90. The highest BCUT2D eigenvalue weighted by Crippen LogP contribution is 2.37. The van der Waals surface area contributed by atoms with Gasteiger partial charge in [0.1, 0.15) is 11.6 Å². The van der Waals surface area contributed by atoms with Gasteiger partial charge in [0.2, 0.25) is 5.91 Å². The van der Waals surface area contributed by atoms with E-state index in [1.54, 1.807) is 0 Å². The first kappa shape index (κ1) is 15.7. The monoisotopic (exact) mass is 314 g/mol. The molecule has 122 valence electrons. The van der Waals surface area contributed by atoms with E-state index in [-0.39, 0.29) is 11.6 Å². The number of fused-ring (bicyclic) bond motifs is 1. The van der Waals surface area contributed by atoms with Crippen molar-refractivity contribution < 1.29 is 4.79 Å². The van der Waals surface area contributed by atoms with Crippen LogP contribution in [0.15, 0.2) is 10.2 Å². The molecule has 0 radical (unpaired) electrons. The fraction of sp³-hybridized carbons (Fsp3) is 0.688. The van der Waals surface area contributed by atoms with E-state index in [1.807, 2.05) is 0 Å². The van der Waals surface area contributed by atoms with Crippen molar-refractivity contribution in [2.45, 2.75) is 63.6 Å². The van der Waals surface area contributed by atoms with Crippen LogP contribution in [0, 0.1) is 12.3 Å². The highest BCUT2D eigenvalue weighted by atomic mass is 16.1. The minimum atomic E-state index is -0.379. The second-order valence-corrected chi connectivity index (χ2v) is 6.13. The Morgan fingerprint density at radius 2 is 2.17 bits per heavy atom. The summed E-state index contributed by atoms with van der Waals surface area (Å²) in [4.78, 5) is 11.9. The molecule has 1 N–H and O–H groups in total. The van der Waals surface area contributed by atoms with Gasteiger partial charge >= 0.3 is 0 Å². The van der Waals surface area contributed by atoms with Crippen LogP contribution in [0.4, 0.5) is 0 Å². The SMILES string of the molecule is C#CCCC1(CCC(=O)NCCc2nnc3n2CCCC3)N=N1. The number of hydrogen-bond donors (Lipinski definition) is 1. The summed E-state index contributed by atoms with van der Waals surface area (Å²) < 4.78 is 2.19. The minimum absolute atomic E-state index is 0.0285. The molecule has 7 nitrogen and oxygen atoms in total. The zero-order chi connectivity index (χ0) is 16.1. The van der Waals surface area contributed by atoms with Gasteiger partial charge in [0.15, 0.2) is 5.66 Å². The number of amides is 1. The number of aryl methyl sites for hydroxylation is 1. The molecule has 7 heteroatoms. The van der Waals surface area contributed by atoms with Crippen molar-refractivity contribution in [1.82, 2.24) is 20.1 Å². The van der Waals surface area contributed by atoms with E-state index in [0.29, 0.717) is 25.8 Å². The van der Waals surface area contributed by atoms with Crippen LogP contribution in [0.2, 0.25) is 0 Å². The van der Waals surface area contributed by atoms with Crippen molar-refractivity contribution in [3.05, 3.63) is 11.6 Å². The molecule has 0 unspecified atom stereocenters. The number of carbonyl (C=O) groups excluding carboxylic acids is 1. The third-order valence-corrected chi connectivity index (χ3v) is 4.41. The first-order chi connectivity index (χ1) is 11.2. The van der Waals surface area contributed by atoms with E-state index in [0.717, 1.165) is 37.5 Å². The lowest BCUT2D eigenvalue weighted by molar-refractivity contribution is -0.121. The molecule has 1 aromatic heterocycles. The summed E-state index contributed by atoms with van der Waals surface area (Å²) in [6, 6.07) is 0. The molecule has 1 amide bonds. The lowest BCUT2D eigenvalue weighted by atomic mass is 10.0. The second-order valence-electron chi connectivity index (χ2n) is 6.13. The standard InChI is InChI=1S/C16H22N6O/c1-2-3-9-16(20-21-16)10-7-15(23)17-11-8-14-19-18-13-6-4-5-12-22(13)14/h1H,3-12H2,(H,17,23). The van der Waals surface area contributed by atoms with E-state index in [1.165, 1.54) is 12.8 Å². The van der Waals surface area contributed by atoms with Crippen molar-refractivity contribution >= 4 is 5.91 Å². The summed E-state index contributed by atoms with van der Waals surface area (Å²) in [5, 5.41) is 19.5. The van der Waals surface area contributed by atoms with E-state index in [4.69, 9.17) is 6.42 Å². The molecule has 3 heterocycles. The van der Waals surface area contributed by atoms with E-state index < -0.39 is 0 Å². The van der Waals surface area contributed by atoms with Gasteiger partial charge in [-0.25, -0.2) is 0 Å². The molecular formula is C16H22N6O. The Labute approximate surface area is 136 Å². The number of terminal acetylenes is 1. The molecule has 1 aromatic rings. The molecule has 0 fully saturated rings. The van der Waals surface area contributed by atoms with Crippen LogP contribution >= 0.6 is 0 Å². The summed E-state index contributed by atoms with van der Waals surface area (Å²) in [5.41, 5.74) is -0.379. The quantitative estimate of drug-likeness (QED) is 0.740. The van der Waals surface area contributed by atoms with E-state index in [9.17, 15) is 4.79 Å². The topological polar surface area (TPSA) is 84.5 Å². The van der Waals surface area contributed by atoms with Crippen molar-refractivity contribution in [1.29, 1.82) is 0 Å². The molecule has 0 aliphatic carbocycles. The predicted octanol–water partition coefficient (Wildman–Crippen LogP) is 1.63. The Morgan fingerprint density at radius 1 is 1.30 bits per heavy atom. The van der Waals surface area contributed by atoms with Gasteiger partial charge < -0.3 is 9.88 Å². The van der Waals surface area contributed by atoms with Crippen LogP contribution in [0.1, 0.15) is 50.2 Å². The number of carbonyl (C=O) groups is 1. The van der Waals surface area contributed by atoms with Crippen molar-refractivity contribution in [2.75, 3.05) is 6.54 Å². The van der Waals surface area contributed by atoms with Gasteiger partial charge in [0, 0.05) is 51.6 Å². The fourth-order valence-corrected chi connectivity index (χ4v) is 2.94. The lowest BCUT2D eigenvalue weighted by Crippen LogP contribution is -2.28. The minimum Gasteiger partial charge on any atom is -0.356 e. The Morgan fingerprint density at radius 3 is 2.96 bits per heavy atom. The molecule has 0 spiro atoms. The third-order valence-electron chi connectivity index (χ3n) is 4.41. The Hall–Kier alpha value is -2.23. The maximum absolute atomic E-state index is 11.9. The van der Waals surface area contributed by atoms with Crippen LogP contribution in [-0.2, 0) is 24.2 Å². The summed E-state index contributed by atoms with van der Waals surface area (Å²) >= 11 is 0. The largest absolute Gasteiger partial charge is 0.356 e. The Balaban J connectivity index is 1.37. The van der Waals surface area contributed by atoms with Crippen LogP contribution < -0.4 is 5.32 Å². The summed E-state index contributed by atoms with van der Waals surface area (Å²) in [6.07, 6.45) is 11.8. The van der Waals surface area contributed by atoms with Crippen LogP contribution in [-0.4, -0.2) is 32.9 Å². The van der Waals surface area contributed by atoms with Crippen molar-refractivity contribution in [2.24, 2.45) is 10.2 Å². The maximum Gasteiger partial charge on any atom is 0.220 e. The Kier molecular flexibility index (Phi) is 4.70. The van der Waals surface area contributed by atoms with Gasteiger partial charge in [-0.2, -0.15) is 10.2 Å². The molecule has 2 aliphatic rings. The van der Waals surface area contributed by atoms with Gasteiger partial charge in [0.25, 0.3) is 0 Å². The molecule has 2 aliphatic heterocycles. The third kappa shape index (κ3) is 3.95. The van der Waals surface area contributed by atoms with E-state index in [2.05, 4.69) is 36.2 Å². The molecular weight excluding hydrogens is 292 g/mol. The van der Waals surface area contributed by atoms with Gasteiger partial charge in [-0.05, 0) is 12.8 Å². The Bertz CT molecular complexity index is 635. The first-order valence-electron chi connectivity index (χ1n) is 8.28. The number of rotatable bonds is 8. The highest BCUT2D eigenvalue weighted by Gasteiger charge is 2.39. The zero-order valence-corrected chi connectivity index (χ0v) is 13.3. The molecule has 0 bridgehead atoms. The average Bonchev–Trinajstić information content (AvgIpc) is 3.24. The molecule has 23 heavy (non-hydrogen) atoms. The molecule has 0 saturated carbocycles.